The molecule has 1 aliphatic carbocycles. The molecule has 2 fully saturated rings. The van der Waals surface area contributed by atoms with E-state index < -0.39 is 0 Å². The molecule has 94 valence electrons. The van der Waals surface area contributed by atoms with Crippen LogP contribution in [0.25, 0.3) is 0 Å². The Morgan fingerprint density at radius 2 is 2.06 bits per heavy atom. The number of piperidine rings is 1. The lowest BCUT2D eigenvalue weighted by molar-refractivity contribution is 0.372. The molecule has 1 aromatic heterocycles. The van der Waals surface area contributed by atoms with Crippen molar-refractivity contribution in [3.05, 3.63) is 17.5 Å². The van der Waals surface area contributed by atoms with E-state index in [2.05, 4.69) is 21.7 Å². The zero-order chi connectivity index (χ0) is 11.5. The normalized spacial score (nSPS) is 26.5. The van der Waals surface area contributed by atoms with Crippen LogP contribution < -0.4 is 5.32 Å². The minimum atomic E-state index is 0.792. The summed E-state index contributed by atoms with van der Waals surface area (Å²) in [6.07, 6.45) is 11.5. The summed E-state index contributed by atoms with van der Waals surface area (Å²) in [7, 11) is 0. The van der Waals surface area contributed by atoms with Gasteiger partial charge in [0, 0.05) is 5.69 Å². The summed E-state index contributed by atoms with van der Waals surface area (Å²) in [6.45, 7) is 2.39. The molecule has 1 unspecified atom stereocenters. The molecule has 1 saturated carbocycles. The second-order valence-electron chi connectivity index (χ2n) is 5.70. The maximum absolute atomic E-state index is 4.29. The molecule has 2 N–H and O–H groups in total. The Morgan fingerprint density at radius 1 is 1.18 bits per heavy atom. The lowest BCUT2D eigenvalue weighted by Gasteiger charge is -2.23. The lowest BCUT2D eigenvalue weighted by Crippen LogP contribution is -2.31. The predicted molar refractivity (Wildman–Crippen MR) is 69.1 cm³/mol. The van der Waals surface area contributed by atoms with Crippen LogP contribution in [0.2, 0.25) is 0 Å². The zero-order valence-corrected chi connectivity index (χ0v) is 10.5. The van der Waals surface area contributed by atoms with Crippen LogP contribution in [0, 0.1) is 5.92 Å². The summed E-state index contributed by atoms with van der Waals surface area (Å²) in [5.74, 6) is 1.60. The van der Waals surface area contributed by atoms with Gasteiger partial charge in [-0.05, 0) is 62.6 Å². The molecule has 3 nitrogen and oxygen atoms in total. The molecule has 2 heterocycles. The molecule has 1 aliphatic heterocycles. The Bertz CT molecular complexity index is 346. The number of rotatable bonds is 3. The summed E-state index contributed by atoms with van der Waals surface area (Å²) in [5, 5.41) is 11.0. The van der Waals surface area contributed by atoms with E-state index in [-0.39, 0.29) is 0 Å². The monoisotopic (exact) mass is 233 g/mol. The van der Waals surface area contributed by atoms with E-state index in [1.165, 1.54) is 69.3 Å². The third-order valence-corrected chi connectivity index (χ3v) is 4.44. The number of aromatic amines is 1. The maximum atomic E-state index is 4.29. The molecular formula is C14H23N3. The van der Waals surface area contributed by atoms with Crippen LogP contribution in [0.5, 0.6) is 0 Å². The van der Waals surface area contributed by atoms with Crippen LogP contribution in [-0.2, 0) is 6.42 Å². The van der Waals surface area contributed by atoms with Crippen molar-refractivity contribution in [1.29, 1.82) is 0 Å². The Hall–Kier alpha value is -0.830. The largest absolute Gasteiger partial charge is 0.316 e. The predicted octanol–water partition coefficient (Wildman–Crippen LogP) is 2.61. The molecule has 1 aromatic rings. The Morgan fingerprint density at radius 3 is 2.82 bits per heavy atom. The number of hydrogen-bond donors (Lipinski definition) is 2. The summed E-state index contributed by atoms with van der Waals surface area (Å²) < 4.78 is 0. The molecule has 0 bridgehead atoms. The van der Waals surface area contributed by atoms with Gasteiger partial charge >= 0.3 is 0 Å². The molecule has 0 radical (unpaired) electrons. The zero-order valence-electron chi connectivity index (χ0n) is 10.5. The first kappa shape index (κ1) is 11.3. The summed E-state index contributed by atoms with van der Waals surface area (Å²) >= 11 is 0. The number of aromatic nitrogens is 2. The first-order valence-electron chi connectivity index (χ1n) is 7.16. The molecule has 3 rings (SSSR count). The Labute approximate surface area is 103 Å². The van der Waals surface area contributed by atoms with Gasteiger partial charge in [0.15, 0.2) is 0 Å². The second kappa shape index (κ2) is 5.21. The van der Waals surface area contributed by atoms with Gasteiger partial charge in [0.2, 0.25) is 0 Å². The Kier molecular flexibility index (Phi) is 3.46. The van der Waals surface area contributed by atoms with E-state index in [0.717, 1.165) is 11.8 Å². The van der Waals surface area contributed by atoms with E-state index in [4.69, 9.17) is 0 Å². The third kappa shape index (κ3) is 2.54. The van der Waals surface area contributed by atoms with Crippen molar-refractivity contribution in [1.82, 2.24) is 15.5 Å². The van der Waals surface area contributed by atoms with E-state index in [1.54, 1.807) is 0 Å². The fourth-order valence-corrected chi connectivity index (χ4v) is 3.46. The molecule has 0 amide bonds. The van der Waals surface area contributed by atoms with Crippen LogP contribution >= 0.6 is 0 Å². The van der Waals surface area contributed by atoms with Gasteiger partial charge in [0.25, 0.3) is 0 Å². The molecule has 0 spiro atoms. The third-order valence-electron chi connectivity index (χ3n) is 4.44. The highest BCUT2D eigenvalue weighted by molar-refractivity contribution is 5.23. The smallest absolute Gasteiger partial charge is 0.0524 e. The van der Waals surface area contributed by atoms with Crippen LogP contribution in [0.3, 0.4) is 0 Å². The van der Waals surface area contributed by atoms with Crippen molar-refractivity contribution < 1.29 is 0 Å². The van der Waals surface area contributed by atoms with Crippen molar-refractivity contribution in [3.8, 4) is 0 Å². The highest BCUT2D eigenvalue weighted by Gasteiger charge is 2.23. The van der Waals surface area contributed by atoms with Crippen molar-refractivity contribution in [3.63, 3.8) is 0 Å². The highest BCUT2D eigenvalue weighted by atomic mass is 15.1. The summed E-state index contributed by atoms with van der Waals surface area (Å²) in [6, 6.07) is 0. The van der Waals surface area contributed by atoms with Crippen molar-refractivity contribution in [2.45, 2.75) is 50.9 Å². The molecule has 2 aliphatic rings. The van der Waals surface area contributed by atoms with E-state index in [9.17, 15) is 0 Å². The van der Waals surface area contributed by atoms with Gasteiger partial charge in [-0.15, -0.1) is 0 Å². The average molecular weight is 233 g/mol. The number of nitrogens with one attached hydrogen (secondary N) is 2. The SMILES string of the molecule is c1n[nH]c(CC2CCCNC2)c1C1CCCC1. The number of H-pyrrole nitrogens is 1. The van der Waals surface area contributed by atoms with Gasteiger partial charge in [-0.2, -0.15) is 5.10 Å². The highest BCUT2D eigenvalue weighted by Crippen LogP contribution is 2.35. The quantitative estimate of drug-likeness (QED) is 0.842. The maximum Gasteiger partial charge on any atom is 0.0524 e. The van der Waals surface area contributed by atoms with Gasteiger partial charge in [-0.1, -0.05) is 12.8 Å². The first-order chi connectivity index (χ1) is 8.43. The molecule has 1 atom stereocenters. The fourth-order valence-electron chi connectivity index (χ4n) is 3.46. The van der Waals surface area contributed by atoms with Crippen molar-refractivity contribution >= 4 is 0 Å². The topological polar surface area (TPSA) is 40.7 Å². The molecule has 0 aromatic carbocycles. The van der Waals surface area contributed by atoms with Gasteiger partial charge in [0.05, 0.1) is 6.20 Å². The molecular weight excluding hydrogens is 210 g/mol. The molecule has 1 saturated heterocycles. The summed E-state index contributed by atoms with van der Waals surface area (Å²) in [4.78, 5) is 0. The van der Waals surface area contributed by atoms with Gasteiger partial charge in [-0.25, -0.2) is 0 Å². The van der Waals surface area contributed by atoms with Crippen LogP contribution in [-0.4, -0.2) is 23.3 Å². The van der Waals surface area contributed by atoms with E-state index in [0.29, 0.717) is 0 Å². The van der Waals surface area contributed by atoms with Crippen molar-refractivity contribution in [2.75, 3.05) is 13.1 Å². The van der Waals surface area contributed by atoms with Crippen LogP contribution in [0.1, 0.15) is 55.7 Å². The van der Waals surface area contributed by atoms with Gasteiger partial charge in [-0.3, -0.25) is 5.10 Å². The fraction of sp³-hybridized carbons (Fsp3) is 0.786. The van der Waals surface area contributed by atoms with Gasteiger partial charge in [0.1, 0.15) is 0 Å². The van der Waals surface area contributed by atoms with Crippen molar-refractivity contribution in [2.24, 2.45) is 5.92 Å². The van der Waals surface area contributed by atoms with Crippen LogP contribution in [0.4, 0.5) is 0 Å². The van der Waals surface area contributed by atoms with E-state index in [1.807, 2.05) is 0 Å². The summed E-state index contributed by atoms with van der Waals surface area (Å²) in [5.41, 5.74) is 2.94. The molecule has 17 heavy (non-hydrogen) atoms. The first-order valence-corrected chi connectivity index (χ1v) is 7.16. The molecule has 3 heteroatoms. The minimum Gasteiger partial charge on any atom is -0.316 e. The lowest BCUT2D eigenvalue weighted by atomic mass is 9.90. The second-order valence-corrected chi connectivity index (χ2v) is 5.70. The number of nitrogens with zero attached hydrogens (tertiary/aromatic N) is 1. The standard InChI is InChI=1S/C14H23N3/c1-2-6-12(5-1)13-10-16-17-14(13)8-11-4-3-7-15-9-11/h10-12,15H,1-9H2,(H,16,17). The average Bonchev–Trinajstić information content (AvgIpc) is 3.00. The Balaban J connectivity index is 1.67. The number of hydrogen-bond acceptors (Lipinski definition) is 2. The van der Waals surface area contributed by atoms with E-state index >= 15 is 0 Å². The van der Waals surface area contributed by atoms with Crippen LogP contribution in [0.15, 0.2) is 6.20 Å². The van der Waals surface area contributed by atoms with Gasteiger partial charge < -0.3 is 5.32 Å². The minimum absolute atomic E-state index is 0.792.